The summed E-state index contributed by atoms with van der Waals surface area (Å²) in [5, 5.41) is 10.7. The number of rotatable bonds is 3. The van der Waals surface area contributed by atoms with Crippen molar-refractivity contribution in [2.24, 2.45) is 14.1 Å². The predicted molar refractivity (Wildman–Crippen MR) is 100 cm³/mol. The lowest BCUT2D eigenvalue weighted by Crippen LogP contribution is -2.31. The van der Waals surface area contributed by atoms with Gasteiger partial charge in [-0.2, -0.15) is 23.4 Å². The Morgan fingerprint density at radius 3 is 2.67 bits per heavy atom. The predicted octanol–water partition coefficient (Wildman–Crippen LogP) is 2.13. The molecule has 4 rings (SSSR count). The van der Waals surface area contributed by atoms with Gasteiger partial charge in [0, 0.05) is 44.2 Å². The van der Waals surface area contributed by atoms with E-state index >= 15 is 0 Å². The summed E-state index contributed by atoms with van der Waals surface area (Å²) in [5.41, 5.74) is 0.703. The number of amides is 1. The lowest BCUT2D eigenvalue weighted by atomic mass is 9.93. The van der Waals surface area contributed by atoms with Gasteiger partial charge in [0.05, 0.1) is 17.4 Å². The number of hydrogen-bond acceptors (Lipinski definition) is 4. The lowest BCUT2D eigenvalue weighted by molar-refractivity contribution is -0.141. The molecule has 1 aliphatic carbocycles. The van der Waals surface area contributed by atoms with E-state index in [0.29, 0.717) is 18.5 Å². The molecule has 1 amide bonds. The van der Waals surface area contributed by atoms with Gasteiger partial charge < -0.3 is 9.88 Å². The van der Waals surface area contributed by atoms with Crippen LogP contribution in [0.4, 0.5) is 13.2 Å². The van der Waals surface area contributed by atoms with Gasteiger partial charge in [0.2, 0.25) is 0 Å². The first-order chi connectivity index (χ1) is 14.1. The minimum absolute atomic E-state index is 0.173. The molecule has 0 spiro atoms. The first-order valence-corrected chi connectivity index (χ1v) is 9.31. The van der Waals surface area contributed by atoms with Crippen molar-refractivity contribution in [3.8, 4) is 5.69 Å². The van der Waals surface area contributed by atoms with E-state index in [1.165, 1.54) is 17.7 Å². The number of aryl methyl sites for hydroxylation is 3. The van der Waals surface area contributed by atoms with Crippen LogP contribution in [0.25, 0.3) is 5.69 Å². The van der Waals surface area contributed by atoms with Crippen LogP contribution in [0.2, 0.25) is 0 Å². The molecule has 0 aromatic carbocycles. The fraction of sp³-hybridized carbons (Fsp3) is 0.368. The van der Waals surface area contributed by atoms with Crippen LogP contribution in [-0.4, -0.2) is 30.0 Å². The molecule has 11 heteroatoms. The Bertz CT molecular complexity index is 1170. The number of fused-ring (bicyclic) bond motifs is 1. The summed E-state index contributed by atoms with van der Waals surface area (Å²) in [7, 11) is 2.94. The molecule has 0 saturated carbocycles. The van der Waals surface area contributed by atoms with E-state index in [0.717, 1.165) is 28.4 Å². The van der Waals surface area contributed by atoms with E-state index in [1.807, 2.05) is 0 Å². The summed E-state index contributed by atoms with van der Waals surface area (Å²) in [4.78, 5) is 24.5. The van der Waals surface area contributed by atoms with Crippen LogP contribution in [0.5, 0.6) is 0 Å². The van der Waals surface area contributed by atoms with Crippen molar-refractivity contribution in [2.45, 2.75) is 31.5 Å². The molecule has 158 valence electrons. The Hall–Kier alpha value is -3.37. The monoisotopic (exact) mass is 420 g/mol. The molecule has 3 heterocycles. The number of nitrogens with one attached hydrogen (secondary N) is 1. The largest absolute Gasteiger partial charge is 0.435 e. The lowest BCUT2D eigenvalue weighted by Gasteiger charge is -2.22. The molecule has 0 radical (unpaired) electrons. The second-order valence-electron chi connectivity index (χ2n) is 7.26. The zero-order chi connectivity index (χ0) is 21.6. The Morgan fingerprint density at radius 2 is 2.00 bits per heavy atom. The third kappa shape index (κ3) is 3.62. The van der Waals surface area contributed by atoms with Crippen molar-refractivity contribution < 1.29 is 18.0 Å². The van der Waals surface area contributed by atoms with Crippen LogP contribution < -0.4 is 10.9 Å². The first-order valence-electron chi connectivity index (χ1n) is 9.31. The summed E-state index contributed by atoms with van der Waals surface area (Å²) in [5.74, 6) is -0.639. The summed E-state index contributed by atoms with van der Waals surface area (Å²) < 4.78 is 42.6. The third-order valence-electron chi connectivity index (χ3n) is 5.17. The normalized spacial score (nSPS) is 16.4. The molecule has 1 aliphatic rings. The fourth-order valence-corrected chi connectivity index (χ4v) is 3.55. The molecule has 0 bridgehead atoms. The van der Waals surface area contributed by atoms with Crippen molar-refractivity contribution in [2.75, 3.05) is 0 Å². The number of carbonyl (C=O) groups is 1. The van der Waals surface area contributed by atoms with Crippen LogP contribution >= 0.6 is 0 Å². The topological polar surface area (TPSA) is 86.7 Å². The van der Waals surface area contributed by atoms with Gasteiger partial charge >= 0.3 is 6.18 Å². The highest BCUT2D eigenvalue weighted by molar-refractivity contribution is 5.93. The molecule has 1 atom stereocenters. The van der Waals surface area contributed by atoms with E-state index in [2.05, 4.69) is 15.5 Å². The quantitative estimate of drug-likeness (QED) is 0.703. The fourth-order valence-electron chi connectivity index (χ4n) is 3.55. The zero-order valence-corrected chi connectivity index (χ0v) is 16.3. The molecular weight excluding hydrogens is 401 g/mol. The minimum atomic E-state index is -4.62. The minimum Gasteiger partial charge on any atom is -0.344 e. The average molecular weight is 420 g/mol. The molecule has 0 saturated heterocycles. The first kappa shape index (κ1) is 19.9. The van der Waals surface area contributed by atoms with E-state index in [1.54, 1.807) is 30.2 Å². The SMILES string of the molecule is Cn1nc(C(F)(F)F)cc1C(=O)NC1CCCc2nn(-c3ccn(C)c(=O)c3)cc21. The molecular formula is C19H19F3N6O2. The molecule has 0 fully saturated rings. The van der Waals surface area contributed by atoms with Gasteiger partial charge in [0.1, 0.15) is 5.69 Å². The molecule has 8 nitrogen and oxygen atoms in total. The zero-order valence-electron chi connectivity index (χ0n) is 16.3. The van der Waals surface area contributed by atoms with Crippen LogP contribution in [0, 0.1) is 0 Å². The maximum Gasteiger partial charge on any atom is 0.435 e. The Labute approximate surface area is 168 Å². The summed E-state index contributed by atoms with van der Waals surface area (Å²) >= 11 is 0. The van der Waals surface area contributed by atoms with Crippen LogP contribution in [0.1, 0.15) is 46.3 Å². The Balaban J connectivity index is 1.60. The number of pyridine rings is 1. The molecule has 3 aromatic rings. The van der Waals surface area contributed by atoms with Gasteiger partial charge in [-0.15, -0.1) is 0 Å². The summed E-state index contributed by atoms with van der Waals surface area (Å²) in [6.07, 6.45) is 0.873. The van der Waals surface area contributed by atoms with Gasteiger partial charge in [0.15, 0.2) is 5.69 Å². The number of halogens is 3. The molecule has 0 aliphatic heterocycles. The van der Waals surface area contributed by atoms with Gasteiger partial charge in [-0.3, -0.25) is 14.3 Å². The number of nitrogens with zero attached hydrogens (tertiary/aromatic N) is 5. The summed E-state index contributed by atoms with van der Waals surface area (Å²) in [6.45, 7) is 0. The van der Waals surface area contributed by atoms with Crippen LogP contribution in [0.15, 0.2) is 35.4 Å². The van der Waals surface area contributed by atoms with Gasteiger partial charge in [-0.05, 0) is 25.3 Å². The van der Waals surface area contributed by atoms with Gasteiger partial charge in [-0.25, -0.2) is 4.68 Å². The third-order valence-corrected chi connectivity index (χ3v) is 5.17. The van der Waals surface area contributed by atoms with Crippen LogP contribution in [-0.2, 0) is 26.7 Å². The van der Waals surface area contributed by atoms with Crippen molar-refractivity contribution in [3.63, 3.8) is 0 Å². The second-order valence-corrected chi connectivity index (χ2v) is 7.26. The summed E-state index contributed by atoms with van der Waals surface area (Å²) in [6, 6.07) is 3.55. The van der Waals surface area contributed by atoms with Crippen molar-refractivity contribution in [3.05, 3.63) is 63.6 Å². The van der Waals surface area contributed by atoms with E-state index < -0.39 is 23.8 Å². The average Bonchev–Trinajstić information content (AvgIpc) is 3.28. The molecule has 1 unspecified atom stereocenters. The molecule has 1 N–H and O–H groups in total. The van der Waals surface area contributed by atoms with E-state index in [4.69, 9.17) is 0 Å². The molecule has 30 heavy (non-hydrogen) atoms. The van der Waals surface area contributed by atoms with E-state index in [9.17, 15) is 22.8 Å². The smallest absolute Gasteiger partial charge is 0.344 e. The second kappa shape index (κ2) is 7.15. The van der Waals surface area contributed by atoms with Crippen molar-refractivity contribution in [1.29, 1.82) is 0 Å². The Kier molecular flexibility index (Phi) is 4.75. The van der Waals surface area contributed by atoms with Crippen molar-refractivity contribution in [1.82, 2.24) is 29.4 Å². The molecule has 3 aromatic heterocycles. The highest BCUT2D eigenvalue weighted by Gasteiger charge is 2.36. The number of alkyl halides is 3. The van der Waals surface area contributed by atoms with Crippen molar-refractivity contribution >= 4 is 5.91 Å². The standard InChI is InChI=1S/C19H19F3N6O2/c1-26-7-6-11(8-17(26)29)28-10-12-13(4-3-5-14(12)24-28)23-18(30)15-9-16(19(20,21)22)25-27(15)2/h6-10,13H,3-5H2,1-2H3,(H,23,30). The highest BCUT2D eigenvalue weighted by Crippen LogP contribution is 2.31. The van der Waals surface area contributed by atoms with Gasteiger partial charge in [-0.1, -0.05) is 0 Å². The number of carbonyl (C=O) groups excluding carboxylic acids is 1. The number of hydrogen-bond donors (Lipinski definition) is 1. The van der Waals surface area contributed by atoms with E-state index in [-0.39, 0.29) is 11.3 Å². The van der Waals surface area contributed by atoms with Crippen LogP contribution in [0.3, 0.4) is 0 Å². The number of aromatic nitrogens is 5. The van der Waals surface area contributed by atoms with Gasteiger partial charge in [0.25, 0.3) is 11.5 Å². The maximum atomic E-state index is 12.9. The Morgan fingerprint density at radius 1 is 1.23 bits per heavy atom. The highest BCUT2D eigenvalue weighted by atomic mass is 19.4. The maximum absolute atomic E-state index is 12.9.